The number of hydrogen-bond acceptors (Lipinski definition) is 1. The van der Waals surface area contributed by atoms with Crippen LogP contribution in [0.2, 0.25) is 6.32 Å². The van der Waals surface area contributed by atoms with Crippen LogP contribution in [0.5, 0.6) is 0 Å². The van der Waals surface area contributed by atoms with Crippen molar-refractivity contribution in [2.24, 2.45) is 0 Å². The van der Waals surface area contributed by atoms with E-state index in [1.54, 1.807) is 0 Å². The summed E-state index contributed by atoms with van der Waals surface area (Å²) in [7, 11) is 38.7. The highest BCUT2D eigenvalue weighted by molar-refractivity contribution is 6.65. The van der Waals surface area contributed by atoms with E-state index in [1.165, 1.54) is 137 Å². The Labute approximate surface area is 385 Å². The molecule has 0 saturated carbocycles. The van der Waals surface area contributed by atoms with E-state index in [9.17, 15) is 0 Å². The van der Waals surface area contributed by atoms with Crippen LogP contribution < -0.4 is 70.5 Å². The highest BCUT2D eigenvalue weighted by Crippen LogP contribution is 2.37. The molecule has 7 rings (SSSR count). The first-order valence-corrected chi connectivity index (χ1v) is 22.3. The molecule has 62 heavy (non-hydrogen) atoms. The normalized spacial score (nSPS) is 14.2. The second-order valence-electron chi connectivity index (χ2n) is 18.2. The van der Waals surface area contributed by atoms with Gasteiger partial charge >= 0.3 is 0 Å². The molecule has 0 radical (unpaired) electrons. The molecular weight excluding hydrogens is 728 g/mol. The Bertz CT molecular complexity index is 3310. The van der Waals surface area contributed by atoms with Gasteiger partial charge in [-0.1, -0.05) is 109 Å². The number of benzene rings is 5. The van der Waals surface area contributed by atoms with Gasteiger partial charge in [-0.2, -0.15) is 0 Å². The molecule has 0 atom stereocenters. The van der Waals surface area contributed by atoms with E-state index in [0.717, 1.165) is 45.8 Å². The molecule has 0 N–H and O–H groups in total. The van der Waals surface area contributed by atoms with Gasteiger partial charge in [0.15, 0.2) is 0 Å². The number of furan rings is 1. The van der Waals surface area contributed by atoms with Crippen LogP contribution >= 0.6 is 0 Å². The first kappa shape index (κ1) is 45.1. The zero-order valence-electron chi connectivity index (χ0n) is 40.5. The third kappa shape index (κ3) is 6.79. The van der Waals surface area contributed by atoms with Gasteiger partial charge in [0.1, 0.15) is 145 Å². The molecule has 1 aliphatic rings. The summed E-state index contributed by atoms with van der Waals surface area (Å²) >= 11 is 0. The van der Waals surface area contributed by atoms with Crippen molar-refractivity contribution in [1.29, 1.82) is 0 Å². The van der Waals surface area contributed by atoms with Gasteiger partial charge in [-0.15, -0.1) is 34.7 Å². The monoisotopic (exact) mass is 779 g/mol. The Kier molecular flexibility index (Phi) is 12.4. The molecule has 1 aromatic heterocycles. The largest absolute Gasteiger partial charge is 0.456 e. The van der Waals surface area contributed by atoms with Crippen molar-refractivity contribution < 1.29 is 4.42 Å². The van der Waals surface area contributed by atoms with Crippen molar-refractivity contribution in [2.45, 2.75) is 12.7 Å². The van der Waals surface area contributed by atoms with Crippen molar-refractivity contribution in [1.82, 2.24) is 0 Å². The minimum atomic E-state index is 0.739. The predicted molar refractivity (Wildman–Crippen MR) is 325 cm³/mol. The van der Waals surface area contributed by atoms with E-state index in [-0.39, 0.29) is 0 Å². The van der Waals surface area contributed by atoms with Gasteiger partial charge in [0.25, 0.3) is 0 Å². The molecule has 0 amide bonds. The number of rotatable bonds is 6. The summed E-state index contributed by atoms with van der Waals surface area (Å²) in [5, 5.41) is 4.96. The standard InChI is InChI=1S/C44H47B17O/c1-3-14-25(34(51)42(59)40(57)27(14)32(49)20(47)13-45)24-18(31(48)33(50)19(46)4-2)12-17(26-30(24)41(58)44(61)43(60)35(26)52)29-38(55)36(53)28(37(54)39(29)56)16-9-7-11-22-23(16)15-8-5-6-10-21(15)62-22/h1-2,5-11H,12-13,45-61H2/b31-18-,32-20-,33-19-. The Morgan fingerprint density at radius 1 is 0.597 bits per heavy atom. The van der Waals surface area contributed by atoms with Crippen molar-refractivity contribution in [3.05, 3.63) is 103 Å². The minimum Gasteiger partial charge on any atom is -0.456 e. The Morgan fingerprint density at radius 3 is 1.74 bits per heavy atom. The van der Waals surface area contributed by atoms with E-state index in [4.69, 9.17) is 17.3 Å². The third-order valence-corrected chi connectivity index (χ3v) is 15.6. The highest BCUT2D eigenvalue weighted by Gasteiger charge is 2.31. The SMILES string of the molecule is BC/C(B)=C(/B)c1c(B)c(B)c(B)c(C2=c3c(B)c(B)c(B)c(B)c3=C(c3c(B)c(B)c(-c4cccc5oc6ccccc6c45)c(B)c3B)C/C2=C(B)\C(B)=C(\B)C#C)c1C#C. The fourth-order valence-electron chi connectivity index (χ4n) is 10.6. The maximum Gasteiger partial charge on any atom is 0.149 e. The van der Waals surface area contributed by atoms with Crippen LogP contribution in [-0.2, 0) is 0 Å². The molecule has 0 saturated heterocycles. The van der Waals surface area contributed by atoms with E-state index >= 15 is 0 Å². The molecule has 0 spiro atoms. The molecule has 1 aliphatic carbocycles. The average molecular weight is 776 g/mol. The molecule has 0 bridgehead atoms. The lowest BCUT2D eigenvalue weighted by atomic mass is 9.57. The van der Waals surface area contributed by atoms with Crippen LogP contribution in [0, 0.1) is 24.7 Å². The maximum absolute atomic E-state index is 6.78. The van der Waals surface area contributed by atoms with Gasteiger partial charge in [0.2, 0.25) is 0 Å². The van der Waals surface area contributed by atoms with Crippen LogP contribution in [0.1, 0.15) is 28.7 Å². The Morgan fingerprint density at radius 2 is 1.15 bits per heavy atom. The number of hydrogen-bond donors (Lipinski definition) is 0. The summed E-state index contributed by atoms with van der Waals surface area (Å²) in [4.78, 5) is 0. The molecule has 0 unspecified atom stereocenters. The number of para-hydroxylation sites is 1. The third-order valence-electron chi connectivity index (χ3n) is 15.6. The lowest BCUT2D eigenvalue weighted by Crippen LogP contribution is -2.66. The maximum atomic E-state index is 6.78. The fourth-order valence-corrected chi connectivity index (χ4v) is 10.6. The van der Waals surface area contributed by atoms with E-state index in [2.05, 4.69) is 182 Å². The van der Waals surface area contributed by atoms with Crippen molar-refractivity contribution in [3.8, 4) is 35.8 Å². The first-order chi connectivity index (χ1) is 29.3. The summed E-state index contributed by atoms with van der Waals surface area (Å²) in [5.74, 6) is 6.32. The minimum absolute atomic E-state index is 0.739. The summed E-state index contributed by atoms with van der Waals surface area (Å²) in [6.07, 6.45) is 14.7. The molecular formula is C44H47B17O. The molecule has 5 aromatic carbocycles. The quantitative estimate of drug-likeness (QED) is 0.121. The van der Waals surface area contributed by atoms with Gasteiger partial charge in [0.05, 0.1) is 0 Å². The Balaban J connectivity index is 1.76. The summed E-state index contributed by atoms with van der Waals surface area (Å²) in [6, 6.07) is 14.9. The topological polar surface area (TPSA) is 13.1 Å². The van der Waals surface area contributed by atoms with Crippen LogP contribution in [-0.4, -0.2) is 133 Å². The van der Waals surface area contributed by atoms with Gasteiger partial charge in [-0.3, -0.25) is 0 Å². The number of fused-ring (bicyclic) bond motifs is 4. The molecule has 6 aromatic rings. The smallest absolute Gasteiger partial charge is 0.149 e. The van der Waals surface area contributed by atoms with Gasteiger partial charge in [-0.25, -0.2) is 0 Å². The van der Waals surface area contributed by atoms with E-state index in [0.29, 0.717) is 0 Å². The van der Waals surface area contributed by atoms with Crippen molar-refractivity contribution in [2.75, 3.05) is 0 Å². The highest BCUT2D eigenvalue weighted by atomic mass is 16.3. The second-order valence-corrected chi connectivity index (χ2v) is 18.2. The summed E-state index contributed by atoms with van der Waals surface area (Å²) in [6.45, 7) is 0. The molecule has 1 nitrogen and oxygen atoms in total. The van der Waals surface area contributed by atoms with Crippen LogP contribution in [0.3, 0.4) is 0 Å². The molecule has 0 fully saturated rings. The zero-order valence-corrected chi connectivity index (χ0v) is 40.5. The van der Waals surface area contributed by atoms with E-state index < -0.39 is 0 Å². The van der Waals surface area contributed by atoms with Crippen LogP contribution in [0.4, 0.5) is 0 Å². The summed E-state index contributed by atoms with van der Waals surface area (Å²) < 4.78 is 6.42. The fraction of sp³-hybridized carbons (Fsp3) is 0.0455. The summed E-state index contributed by atoms with van der Waals surface area (Å²) in [5.41, 5.74) is 33.2. The number of terminal acetylenes is 2. The van der Waals surface area contributed by atoms with Crippen molar-refractivity contribution >= 4 is 232 Å². The lowest BCUT2D eigenvalue weighted by Gasteiger charge is -2.33. The zero-order chi connectivity index (χ0) is 45.4. The van der Waals surface area contributed by atoms with Crippen molar-refractivity contribution in [3.63, 3.8) is 0 Å². The molecule has 0 aliphatic heterocycles. The molecule has 18 heteroatoms. The lowest BCUT2D eigenvalue weighted by molar-refractivity contribution is 0.669. The van der Waals surface area contributed by atoms with Gasteiger partial charge in [0, 0.05) is 16.3 Å². The molecule has 280 valence electrons. The van der Waals surface area contributed by atoms with E-state index in [1.807, 2.05) is 6.07 Å². The number of allylic oxidation sites excluding steroid dienone is 5. The van der Waals surface area contributed by atoms with Gasteiger partial charge in [-0.05, 0) is 79.0 Å². The van der Waals surface area contributed by atoms with Gasteiger partial charge < -0.3 is 4.42 Å². The van der Waals surface area contributed by atoms with Crippen LogP contribution in [0.25, 0.3) is 49.7 Å². The Hall–Kier alpha value is -4.92. The first-order valence-electron chi connectivity index (χ1n) is 22.3. The van der Waals surface area contributed by atoms with Crippen LogP contribution in [0.15, 0.2) is 74.3 Å². The second kappa shape index (κ2) is 17.0. The predicted octanol–water partition coefficient (Wildman–Crippen LogP) is -16.1. The average Bonchev–Trinajstić information content (AvgIpc) is 3.66. The molecule has 1 heterocycles.